The Kier molecular flexibility index (Phi) is 2.02. The summed E-state index contributed by atoms with van der Waals surface area (Å²) in [5.41, 5.74) is 4.09. The molecule has 2 heterocycles. The summed E-state index contributed by atoms with van der Waals surface area (Å²) < 4.78 is 5.95. The maximum Gasteiger partial charge on any atom is 0.153 e. The zero-order valence-electron chi connectivity index (χ0n) is 10.3. The number of furan rings is 1. The van der Waals surface area contributed by atoms with Crippen LogP contribution in [0.5, 0.6) is 0 Å². The number of para-hydroxylation sites is 1. The third kappa shape index (κ3) is 1.52. The largest absolute Gasteiger partial charge is 0.454 e. The summed E-state index contributed by atoms with van der Waals surface area (Å²) >= 11 is 0. The molecule has 0 aliphatic rings. The number of benzene rings is 1. The second-order valence-corrected chi connectivity index (χ2v) is 5.38. The Hall–Kier alpha value is -1.83. The van der Waals surface area contributed by atoms with Gasteiger partial charge in [-0.05, 0) is 23.6 Å². The van der Waals surface area contributed by atoms with E-state index in [9.17, 15) is 0 Å². The average molecular weight is 225 g/mol. The van der Waals surface area contributed by atoms with Crippen molar-refractivity contribution in [1.29, 1.82) is 0 Å². The fourth-order valence-corrected chi connectivity index (χ4v) is 2.21. The number of hydrogen-bond donors (Lipinski definition) is 0. The monoisotopic (exact) mass is 225 g/mol. The topological polar surface area (TPSA) is 26.0 Å². The number of fused-ring (bicyclic) bond motifs is 3. The molecule has 0 saturated carbocycles. The molecule has 0 amide bonds. The number of rotatable bonds is 0. The highest BCUT2D eigenvalue weighted by atomic mass is 16.3. The molecule has 2 aromatic heterocycles. The van der Waals surface area contributed by atoms with E-state index in [0.717, 1.165) is 22.1 Å². The van der Waals surface area contributed by atoms with Gasteiger partial charge in [-0.1, -0.05) is 32.9 Å². The Morgan fingerprint density at radius 3 is 2.65 bits per heavy atom. The van der Waals surface area contributed by atoms with Crippen molar-refractivity contribution in [1.82, 2.24) is 4.98 Å². The molecule has 86 valence electrons. The summed E-state index contributed by atoms with van der Waals surface area (Å²) in [6, 6.07) is 10.1. The molecule has 1 aromatic carbocycles. The number of pyridine rings is 1. The van der Waals surface area contributed by atoms with E-state index in [0.29, 0.717) is 0 Å². The van der Waals surface area contributed by atoms with Gasteiger partial charge in [-0.2, -0.15) is 0 Å². The number of nitrogens with zero attached hydrogens (tertiary/aromatic N) is 1. The Morgan fingerprint density at radius 2 is 1.88 bits per heavy atom. The molecule has 0 unspecified atom stereocenters. The van der Waals surface area contributed by atoms with Crippen LogP contribution in [0.3, 0.4) is 0 Å². The summed E-state index contributed by atoms with van der Waals surface area (Å²) in [6.45, 7) is 6.59. The van der Waals surface area contributed by atoms with Crippen molar-refractivity contribution >= 4 is 22.1 Å². The van der Waals surface area contributed by atoms with Crippen molar-refractivity contribution in [3.63, 3.8) is 0 Å². The molecule has 2 heteroatoms. The lowest BCUT2D eigenvalue weighted by Crippen LogP contribution is -2.10. The van der Waals surface area contributed by atoms with E-state index in [1.165, 1.54) is 5.56 Å². The minimum Gasteiger partial charge on any atom is -0.454 e. The van der Waals surface area contributed by atoms with Gasteiger partial charge >= 0.3 is 0 Å². The van der Waals surface area contributed by atoms with Crippen LogP contribution >= 0.6 is 0 Å². The lowest BCUT2D eigenvalue weighted by Gasteiger charge is -2.18. The first-order chi connectivity index (χ1) is 8.07. The first kappa shape index (κ1) is 10.3. The van der Waals surface area contributed by atoms with Gasteiger partial charge in [-0.3, -0.25) is 4.98 Å². The van der Waals surface area contributed by atoms with Crippen LogP contribution < -0.4 is 0 Å². The molecule has 0 spiro atoms. The molecular formula is C15H15NO. The molecule has 0 aliphatic heterocycles. The highest BCUT2D eigenvalue weighted by molar-refractivity contribution is 6.03. The van der Waals surface area contributed by atoms with Gasteiger partial charge < -0.3 is 4.42 Å². The maximum absolute atomic E-state index is 5.95. The van der Waals surface area contributed by atoms with Crippen LogP contribution in [-0.4, -0.2) is 4.98 Å². The highest BCUT2D eigenvalue weighted by Crippen LogP contribution is 2.34. The van der Waals surface area contributed by atoms with Crippen LogP contribution in [0.2, 0.25) is 0 Å². The third-order valence-electron chi connectivity index (χ3n) is 3.06. The Bertz CT molecular complexity index is 689. The minimum absolute atomic E-state index is 0.0768. The van der Waals surface area contributed by atoms with E-state index in [1.54, 1.807) is 6.20 Å². The van der Waals surface area contributed by atoms with E-state index in [4.69, 9.17) is 4.42 Å². The molecule has 2 nitrogen and oxygen atoms in total. The number of aromatic nitrogens is 1. The van der Waals surface area contributed by atoms with Gasteiger partial charge in [0.05, 0.1) is 0 Å². The fourth-order valence-electron chi connectivity index (χ4n) is 2.21. The third-order valence-corrected chi connectivity index (χ3v) is 3.06. The lowest BCUT2D eigenvalue weighted by molar-refractivity contribution is 0.573. The standard InChI is InChI=1S/C15H15NO/c1-15(2,3)11-7-4-6-10-13-12(17-14(10)11)8-5-9-16-13/h4-9H,1-3H3. The van der Waals surface area contributed by atoms with E-state index < -0.39 is 0 Å². The van der Waals surface area contributed by atoms with E-state index in [-0.39, 0.29) is 5.41 Å². The first-order valence-electron chi connectivity index (χ1n) is 5.84. The van der Waals surface area contributed by atoms with Gasteiger partial charge in [-0.15, -0.1) is 0 Å². The molecule has 17 heavy (non-hydrogen) atoms. The van der Waals surface area contributed by atoms with Crippen molar-refractivity contribution in [2.24, 2.45) is 0 Å². The Labute approximate surface area is 100 Å². The van der Waals surface area contributed by atoms with Gasteiger partial charge in [-0.25, -0.2) is 0 Å². The second kappa shape index (κ2) is 3.33. The van der Waals surface area contributed by atoms with Crippen molar-refractivity contribution < 1.29 is 4.42 Å². The van der Waals surface area contributed by atoms with Crippen LogP contribution in [0.25, 0.3) is 22.1 Å². The second-order valence-electron chi connectivity index (χ2n) is 5.38. The average Bonchev–Trinajstić information content (AvgIpc) is 2.65. The molecule has 0 radical (unpaired) electrons. The predicted molar refractivity (Wildman–Crippen MR) is 70.2 cm³/mol. The summed E-state index contributed by atoms with van der Waals surface area (Å²) in [7, 11) is 0. The van der Waals surface area contributed by atoms with E-state index >= 15 is 0 Å². The summed E-state index contributed by atoms with van der Waals surface area (Å²) in [6.07, 6.45) is 1.81. The molecule has 3 aromatic rings. The molecule has 0 fully saturated rings. The van der Waals surface area contributed by atoms with E-state index in [2.05, 4.69) is 44.0 Å². The van der Waals surface area contributed by atoms with Gasteiger partial charge in [0, 0.05) is 17.1 Å². The highest BCUT2D eigenvalue weighted by Gasteiger charge is 2.20. The molecule has 3 rings (SSSR count). The molecule has 0 saturated heterocycles. The smallest absolute Gasteiger partial charge is 0.153 e. The summed E-state index contributed by atoms with van der Waals surface area (Å²) in [5.74, 6) is 0. The van der Waals surface area contributed by atoms with Crippen molar-refractivity contribution in [2.45, 2.75) is 26.2 Å². The van der Waals surface area contributed by atoms with Crippen LogP contribution in [0, 0.1) is 0 Å². The van der Waals surface area contributed by atoms with Crippen molar-refractivity contribution in [3.05, 3.63) is 42.1 Å². The Morgan fingerprint density at radius 1 is 1.06 bits per heavy atom. The fraction of sp³-hybridized carbons (Fsp3) is 0.267. The van der Waals surface area contributed by atoms with Gasteiger partial charge in [0.1, 0.15) is 11.1 Å². The maximum atomic E-state index is 5.95. The zero-order chi connectivity index (χ0) is 12.0. The first-order valence-corrected chi connectivity index (χ1v) is 5.84. The van der Waals surface area contributed by atoms with Gasteiger partial charge in [0.15, 0.2) is 5.58 Å². The Balaban J connectivity index is 2.48. The van der Waals surface area contributed by atoms with Gasteiger partial charge in [0.25, 0.3) is 0 Å². The molecule has 0 N–H and O–H groups in total. The van der Waals surface area contributed by atoms with Crippen LogP contribution in [0.15, 0.2) is 40.9 Å². The van der Waals surface area contributed by atoms with Gasteiger partial charge in [0.2, 0.25) is 0 Å². The van der Waals surface area contributed by atoms with Crippen molar-refractivity contribution in [2.75, 3.05) is 0 Å². The summed E-state index contributed by atoms with van der Waals surface area (Å²) in [4.78, 5) is 4.40. The lowest BCUT2D eigenvalue weighted by atomic mass is 9.86. The van der Waals surface area contributed by atoms with E-state index in [1.807, 2.05) is 12.1 Å². The number of hydrogen-bond acceptors (Lipinski definition) is 2. The molecular weight excluding hydrogens is 210 g/mol. The normalized spacial score (nSPS) is 12.4. The van der Waals surface area contributed by atoms with Crippen LogP contribution in [0.4, 0.5) is 0 Å². The predicted octanol–water partition coefficient (Wildman–Crippen LogP) is 4.28. The molecule has 0 bridgehead atoms. The minimum atomic E-state index is 0.0768. The zero-order valence-corrected chi connectivity index (χ0v) is 10.3. The summed E-state index contributed by atoms with van der Waals surface area (Å²) in [5, 5.41) is 1.10. The quantitative estimate of drug-likeness (QED) is 0.570. The SMILES string of the molecule is CC(C)(C)c1cccc2c1oc1cccnc12. The molecule has 0 aliphatic carbocycles. The molecule has 0 atom stereocenters. The van der Waals surface area contributed by atoms with Crippen molar-refractivity contribution in [3.8, 4) is 0 Å². The van der Waals surface area contributed by atoms with Crippen LogP contribution in [0.1, 0.15) is 26.3 Å². The van der Waals surface area contributed by atoms with Crippen LogP contribution in [-0.2, 0) is 5.41 Å².